The second-order valence-corrected chi connectivity index (χ2v) is 7.32. The molecule has 0 heterocycles. The van der Waals surface area contributed by atoms with Gasteiger partial charge in [0.25, 0.3) is 0 Å². The molecule has 0 fully saturated rings. The first kappa shape index (κ1) is 16.7. The number of rotatable bonds is 1. The van der Waals surface area contributed by atoms with Crippen molar-refractivity contribution in [2.24, 2.45) is 0 Å². The first-order chi connectivity index (χ1) is 9.36. The molecule has 0 aromatic heterocycles. The van der Waals surface area contributed by atoms with Gasteiger partial charge in [-0.3, -0.25) is 0 Å². The summed E-state index contributed by atoms with van der Waals surface area (Å²) in [4.78, 5) is 0. The molecule has 0 amide bonds. The van der Waals surface area contributed by atoms with Gasteiger partial charge in [-0.25, -0.2) is 0 Å². The molecule has 0 radical (unpaired) electrons. The SMILES string of the molecule is [Cl-].[Cl-].[Hf+2][C]1=C(C2c3ccccc3-c3ccccc32)C=CC1. The van der Waals surface area contributed by atoms with Crippen LogP contribution in [0, 0.1) is 0 Å². The first-order valence-electron chi connectivity index (χ1n) is 6.65. The van der Waals surface area contributed by atoms with Crippen molar-refractivity contribution in [3.63, 3.8) is 0 Å². The maximum absolute atomic E-state index is 2.35. The molecule has 0 spiro atoms. The van der Waals surface area contributed by atoms with Crippen molar-refractivity contribution < 1.29 is 49.2 Å². The van der Waals surface area contributed by atoms with Crippen LogP contribution in [0.2, 0.25) is 0 Å². The fourth-order valence-electron chi connectivity index (χ4n) is 3.28. The zero-order valence-electron chi connectivity index (χ0n) is 11.3. The van der Waals surface area contributed by atoms with Gasteiger partial charge in [0.15, 0.2) is 0 Å². The van der Waals surface area contributed by atoms with Gasteiger partial charge < -0.3 is 24.8 Å². The fourth-order valence-corrected chi connectivity index (χ4v) is 4.52. The topological polar surface area (TPSA) is 0 Å². The van der Waals surface area contributed by atoms with Gasteiger partial charge in [0.1, 0.15) is 0 Å². The molecule has 0 unspecified atom stereocenters. The fraction of sp³-hybridized carbons (Fsp3) is 0.111. The Bertz CT molecular complexity index is 686. The van der Waals surface area contributed by atoms with Gasteiger partial charge in [0.2, 0.25) is 0 Å². The Kier molecular flexibility index (Phi) is 5.29. The van der Waals surface area contributed by atoms with Crippen LogP contribution in [0.4, 0.5) is 0 Å². The van der Waals surface area contributed by atoms with Crippen LogP contribution < -0.4 is 24.8 Å². The third-order valence-corrected chi connectivity index (χ3v) is 5.88. The van der Waals surface area contributed by atoms with Gasteiger partial charge in [0, 0.05) is 0 Å². The van der Waals surface area contributed by atoms with E-state index in [1.165, 1.54) is 53.0 Å². The van der Waals surface area contributed by atoms with Crippen LogP contribution in [0.25, 0.3) is 11.1 Å². The first-order valence-corrected chi connectivity index (χ1v) is 8.45. The van der Waals surface area contributed by atoms with E-state index in [1.807, 2.05) is 0 Å². The van der Waals surface area contributed by atoms with E-state index in [0.717, 1.165) is 0 Å². The molecule has 0 aliphatic heterocycles. The van der Waals surface area contributed by atoms with Crippen LogP contribution in [0.3, 0.4) is 0 Å². The predicted molar refractivity (Wildman–Crippen MR) is 74.5 cm³/mol. The Balaban J connectivity index is 0.000000807. The zero-order chi connectivity index (χ0) is 12.8. The number of halogens is 2. The molecule has 2 aromatic rings. The van der Waals surface area contributed by atoms with Gasteiger partial charge in [-0.1, -0.05) is 0 Å². The molecule has 3 heteroatoms. The molecule has 0 atom stereocenters. The van der Waals surface area contributed by atoms with Crippen LogP contribution >= 0.6 is 0 Å². The predicted octanol–water partition coefficient (Wildman–Crippen LogP) is -1.43. The van der Waals surface area contributed by atoms with E-state index in [9.17, 15) is 0 Å². The molecule has 0 nitrogen and oxygen atoms in total. The summed E-state index contributed by atoms with van der Waals surface area (Å²) in [5.74, 6) is 0.471. The third-order valence-electron chi connectivity index (χ3n) is 4.11. The van der Waals surface area contributed by atoms with Gasteiger partial charge in [-0.2, -0.15) is 0 Å². The molecule has 0 N–H and O–H groups in total. The van der Waals surface area contributed by atoms with E-state index in [4.69, 9.17) is 0 Å². The average Bonchev–Trinajstić information content (AvgIpc) is 3.00. The van der Waals surface area contributed by atoms with Crippen molar-refractivity contribution in [3.05, 3.63) is 80.7 Å². The van der Waals surface area contributed by atoms with Crippen LogP contribution in [0.15, 0.2) is 69.6 Å². The van der Waals surface area contributed by atoms with Crippen LogP contribution in [0.5, 0.6) is 0 Å². The van der Waals surface area contributed by atoms with Crippen molar-refractivity contribution in [2.75, 3.05) is 0 Å². The summed E-state index contributed by atoms with van der Waals surface area (Å²) in [7, 11) is 0. The summed E-state index contributed by atoms with van der Waals surface area (Å²) >= 11 is 1.17. The zero-order valence-corrected chi connectivity index (χ0v) is 16.4. The molecule has 0 saturated carbocycles. The van der Waals surface area contributed by atoms with Crippen molar-refractivity contribution in [1.29, 1.82) is 0 Å². The summed E-state index contributed by atoms with van der Waals surface area (Å²) in [6.07, 6.45) is 5.84. The molecule has 0 saturated heterocycles. The molecule has 2 aliphatic rings. The van der Waals surface area contributed by atoms with Crippen LogP contribution in [-0.4, -0.2) is 0 Å². The second-order valence-electron chi connectivity index (χ2n) is 5.15. The number of allylic oxidation sites excluding steroid dienone is 4. The second kappa shape index (κ2) is 6.64. The molecule has 0 bridgehead atoms. The Hall–Kier alpha value is -0.630. The Morgan fingerprint density at radius 1 is 0.810 bits per heavy atom. The van der Waals surface area contributed by atoms with E-state index in [-0.39, 0.29) is 24.8 Å². The Morgan fingerprint density at radius 2 is 1.33 bits per heavy atom. The molecule has 2 aromatic carbocycles. The molecule has 21 heavy (non-hydrogen) atoms. The van der Waals surface area contributed by atoms with Crippen molar-refractivity contribution >= 4 is 0 Å². The number of fused-ring (bicyclic) bond motifs is 3. The van der Waals surface area contributed by atoms with Gasteiger partial charge in [-0.15, -0.1) is 0 Å². The van der Waals surface area contributed by atoms with E-state index in [1.54, 1.807) is 8.90 Å². The van der Waals surface area contributed by atoms with Crippen molar-refractivity contribution in [1.82, 2.24) is 0 Å². The van der Waals surface area contributed by atoms with Crippen LogP contribution in [0.1, 0.15) is 23.5 Å². The number of hydrogen-bond acceptors (Lipinski definition) is 0. The van der Waals surface area contributed by atoms with Gasteiger partial charge >= 0.3 is 129 Å². The standard InChI is InChI=1S/C18H13.2ClH.Hf/c1-2-8-13(7-1)18-16-11-5-3-9-14(16)15-10-4-6-12-17(15)18;;;/h1,3-7,9-12,18H,2H2;2*1H;/q;;;+2/p-2. The van der Waals surface area contributed by atoms with E-state index in [2.05, 4.69) is 60.7 Å². The van der Waals surface area contributed by atoms with E-state index < -0.39 is 0 Å². The van der Waals surface area contributed by atoms with Gasteiger partial charge in [-0.05, 0) is 0 Å². The minimum atomic E-state index is 0. The van der Waals surface area contributed by atoms with E-state index in [0.29, 0.717) is 5.92 Å². The summed E-state index contributed by atoms with van der Waals surface area (Å²) in [6.45, 7) is 0. The van der Waals surface area contributed by atoms with Crippen molar-refractivity contribution in [2.45, 2.75) is 12.3 Å². The summed E-state index contributed by atoms with van der Waals surface area (Å²) in [5.41, 5.74) is 7.37. The Labute approximate surface area is 152 Å². The summed E-state index contributed by atoms with van der Waals surface area (Å²) in [5, 5.41) is 0. The van der Waals surface area contributed by atoms with Crippen LogP contribution in [-0.2, 0) is 24.4 Å². The molecule has 2 aliphatic carbocycles. The quantitative estimate of drug-likeness (QED) is 0.441. The van der Waals surface area contributed by atoms with E-state index >= 15 is 0 Å². The Morgan fingerprint density at radius 3 is 1.81 bits per heavy atom. The third kappa shape index (κ3) is 2.60. The number of hydrogen-bond donors (Lipinski definition) is 0. The molecular formula is C18H13Cl2Hf. The average molecular weight is 479 g/mol. The minimum absolute atomic E-state index is 0. The molecule has 4 rings (SSSR count). The normalized spacial score (nSPS) is 15.3. The molecule has 103 valence electrons. The van der Waals surface area contributed by atoms with Crippen molar-refractivity contribution in [3.8, 4) is 11.1 Å². The maximum atomic E-state index is 2.35. The summed E-state index contributed by atoms with van der Waals surface area (Å²) < 4.78 is 1.65. The molecular weight excluding hydrogens is 466 g/mol. The summed E-state index contributed by atoms with van der Waals surface area (Å²) in [6, 6.07) is 17.8. The number of benzene rings is 2. The monoisotopic (exact) mass is 479 g/mol. The van der Waals surface area contributed by atoms with Gasteiger partial charge in [0.05, 0.1) is 0 Å².